The third-order valence-corrected chi connectivity index (χ3v) is 5.84. The number of carbonyl (C=O) groups excluding carboxylic acids is 1. The number of benzene rings is 1. The van der Waals surface area contributed by atoms with Crippen LogP contribution in [0.4, 0.5) is 11.8 Å². The van der Waals surface area contributed by atoms with Crippen LogP contribution in [0.2, 0.25) is 0 Å². The second kappa shape index (κ2) is 8.87. The van der Waals surface area contributed by atoms with Crippen molar-refractivity contribution in [2.75, 3.05) is 76.3 Å². The van der Waals surface area contributed by atoms with Crippen LogP contribution in [0.5, 0.6) is 5.75 Å². The van der Waals surface area contributed by atoms with Crippen molar-refractivity contribution in [2.45, 2.75) is 6.92 Å². The molecule has 0 aliphatic carbocycles. The van der Waals surface area contributed by atoms with Gasteiger partial charge in [-0.25, -0.2) is 4.98 Å². The zero-order valence-corrected chi connectivity index (χ0v) is 18.0. The Hall–Kier alpha value is -2.87. The number of hydrogen-bond acceptors (Lipinski definition) is 7. The number of likely N-dealkylation sites (N-methyl/N-ethyl adjacent to an activating group) is 1. The highest BCUT2D eigenvalue weighted by molar-refractivity contribution is 5.94. The van der Waals surface area contributed by atoms with Gasteiger partial charge in [0.05, 0.1) is 7.11 Å². The third kappa shape index (κ3) is 4.48. The molecule has 8 heteroatoms. The number of ether oxygens (including phenoxy) is 1. The summed E-state index contributed by atoms with van der Waals surface area (Å²) in [5.41, 5.74) is 1.67. The van der Waals surface area contributed by atoms with Gasteiger partial charge in [0.15, 0.2) is 0 Å². The first kappa shape index (κ1) is 20.4. The molecule has 1 aromatic carbocycles. The molecule has 1 amide bonds. The fourth-order valence-electron chi connectivity index (χ4n) is 3.90. The van der Waals surface area contributed by atoms with Crippen molar-refractivity contribution >= 4 is 17.7 Å². The minimum Gasteiger partial charge on any atom is -0.497 e. The monoisotopic (exact) mass is 410 g/mol. The fraction of sp³-hybridized carbons (Fsp3) is 0.500. The molecule has 1 aromatic heterocycles. The largest absolute Gasteiger partial charge is 0.497 e. The summed E-state index contributed by atoms with van der Waals surface area (Å²) in [6, 6.07) is 9.35. The van der Waals surface area contributed by atoms with Crippen LogP contribution in [0.15, 0.2) is 30.3 Å². The molecular formula is C22H30N6O2. The lowest BCUT2D eigenvalue weighted by atomic mass is 10.1. The molecule has 3 heterocycles. The molecular weight excluding hydrogens is 380 g/mol. The van der Waals surface area contributed by atoms with Gasteiger partial charge in [0, 0.05) is 69.7 Å². The second-order valence-corrected chi connectivity index (χ2v) is 7.97. The quantitative estimate of drug-likeness (QED) is 0.757. The van der Waals surface area contributed by atoms with E-state index in [0.29, 0.717) is 18.7 Å². The molecule has 2 fully saturated rings. The summed E-state index contributed by atoms with van der Waals surface area (Å²) in [6.45, 7) is 8.86. The Bertz CT molecular complexity index is 872. The van der Waals surface area contributed by atoms with Crippen molar-refractivity contribution in [3.05, 3.63) is 41.6 Å². The maximum absolute atomic E-state index is 12.8. The van der Waals surface area contributed by atoms with Gasteiger partial charge in [-0.05, 0) is 38.2 Å². The number of hydrogen-bond donors (Lipinski definition) is 0. The van der Waals surface area contributed by atoms with Crippen LogP contribution in [-0.2, 0) is 0 Å². The van der Waals surface area contributed by atoms with Crippen LogP contribution < -0.4 is 14.5 Å². The topological polar surface area (TPSA) is 65.0 Å². The molecule has 0 bridgehead atoms. The molecule has 0 radical (unpaired) electrons. The van der Waals surface area contributed by atoms with Gasteiger partial charge in [-0.1, -0.05) is 0 Å². The number of rotatable bonds is 4. The summed E-state index contributed by atoms with van der Waals surface area (Å²) < 4.78 is 5.17. The van der Waals surface area contributed by atoms with Gasteiger partial charge in [-0.2, -0.15) is 4.98 Å². The van der Waals surface area contributed by atoms with Crippen molar-refractivity contribution in [1.29, 1.82) is 0 Å². The van der Waals surface area contributed by atoms with E-state index in [1.807, 2.05) is 36.1 Å². The van der Waals surface area contributed by atoms with Crippen LogP contribution in [0.3, 0.4) is 0 Å². The zero-order chi connectivity index (χ0) is 21.1. The van der Waals surface area contributed by atoms with Gasteiger partial charge in [-0.3, -0.25) is 4.79 Å². The molecule has 2 aromatic rings. The summed E-state index contributed by atoms with van der Waals surface area (Å²) in [5.74, 6) is 2.58. The number of nitrogens with zero attached hydrogens (tertiary/aromatic N) is 6. The predicted molar refractivity (Wildman–Crippen MR) is 118 cm³/mol. The summed E-state index contributed by atoms with van der Waals surface area (Å²) >= 11 is 0. The smallest absolute Gasteiger partial charge is 0.253 e. The van der Waals surface area contributed by atoms with E-state index in [9.17, 15) is 4.79 Å². The van der Waals surface area contributed by atoms with Gasteiger partial charge in [0.2, 0.25) is 5.95 Å². The lowest BCUT2D eigenvalue weighted by Crippen LogP contribution is -2.49. The maximum Gasteiger partial charge on any atom is 0.253 e. The minimum absolute atomic E-state index is 0.0561. The summed E-state index contributed by atoms with van der Waals surface area (Å²) in [6.07, 6.45) is 0. The molecule has 0 N–H and O–H groups in total. The second-order valence-electron chi connectivity index (χ2n) is 7.97. The van der Waals surface area contributed by atoms with Crippen LogP contribution in [0.1, 0.15) is 16.1 Å². The molecule has 0 spiro atoms. The van der Waals surface area contributed by atoms with Crippen molar-refractivity contribution in [1.82, 2.24) is 19.8 Å². The van der Waals surface area contributed by atoms with Crippen LogP contribution in [0, 0.1) is 6.92 Å². The van der Waals surface area contributed by atoms with E-state index in [-0.39, 0.29) is 5.91 Å². The van der Waals surface area contributed by atoms with Gasteiger partial charge in [0.1, 0.15) is 11.6 Å². The highest BCUT2D eigenvalue weighted by Crippen LogP contribution is 2.21. The van der Waals surface area contributed by atoms with Gasteiger partial charge in [0.25, 0.3) is 5.91 Å². The molecule has 4 rings (SSSR count). The molecule has 2 aliphatic rings. The summed E-state index contributed by atoms with van der Waals surface area (Å²) in [5, 5.41) is 0. The van der Waals surface area contributed by atoms with Crippen molar-refractivity contribution < 1.29 is 9.53 Å². The SMILES string of the molecule is COc1ccc(C(=O)N2CCN(c3nc(C)cc(N4CCN(C)CC4)n3)CC2)cc1. The van der Waals surface area contributed by atoms with Gasteiger partial charge < -0.3 is 24.3 Å². The fourth-order valence-corrected chi connectivity index (χ4v) is 3.90. The number of aryl methyl sites for hydroxylation is 1. The lowest BCUT2D eigenvalue weighted by Gasteiger charge is -2.36. The molecule has 30 heavy (non-hydrogen) atoms. The number of carbonyl (C=O) groups is 1. The molecule has 0 atom stereocenters. The van der Waals surface area contributed by atoms with Crippen molar-refractivity contribution in [3.8, 4) is 5.75 Å². The first-order valence-electron chi connectivity index (χ1n) is 10.5. The van der Waals surface area contributed by atoms with Gasteiger partial charge >= 0.3 is 0 Å². The van der Waals surface area contributed by atoms with E-state index in [4.69, 9.17) is 9.72 Å². The van der Waals surface area contributed by atoms with Crippen LogP contribution in [-0.4, -0.2) is 92.2 Å². The average Bonchev–Trinajstić information content (AvgIpc) is 2.79. The normalized spacial score (nSPS) is 17.9. The standard InChI is InChI=1S/C22H30N6O2/c1-17-16-20(26-10-8-25(2)9-11-26)24-22(23-17)28-14-12-27(13-15-28)21(29)18-4-6-19(30-3)7-5-18/h4-7,16H,8-15H2,1-3H3. The Labute approximate surface area is 178 Å². The number of amides is 1. The zero-order valence-electron chi connectivity index (χ0n) is 18.0. The number of anilines is 2. The third-order valence-electron chi connectivity index (χ3n) is 5.84. The maximum atomic E-state index is 12.8. The van der Waals surface area contributed by atoms with E-state index in [0.717, 1.165) is 62.5 Å². The van der Waals surface area contributed by atoms with E-state index in [2.05, 4.69) is 32.8 Å². The molecule has 0 unspecified atom stereocenters. The van der Waals surface area contributed by atoms with E-state index in [1.165, 1.54) is 0 Å². The van der Waals surface area contributed by atoms with Crippen LogP contribution >= 0.6 is 0 Å². The Kier molecular flexibility index (Phi) is 6.03. The average molecular weight is 411 g/mol. The number of piperazine rings is 2. The van der Waals surface area contributed by atoms with Crippen LogP contribution in [0.25, 0.3) is 0 Å². The molecule has 160 valence electrons. The Morgan fingerprint density at radius 1 is 0.900 bits per heavy atom. The highest BCUT2D eigenvalue weighted by Gasteiger charge is 2.25. The highest BCUT2D eigenvalue weighted by atomic mass is 16.5. The summed E-state index contributed by atoms with van der Waals surface area (Å²) in [7, 11) is 3.78. The minimum atomic E-state index is 0.0561. The Morgan fingerprint density at radius 2 is 1.53 bits per heavy atom. The molecule has 2 saturated heterocycles. The lowest BCUT2D eigenvalue weighted by molar-refractivity contribution is 0.0746. The first-order chi connectivity index (χ1) is 14.5. The van der Waals surface area contributed by atoms with E-state index in [1.54, 1.807) is 7.11 Å². The van der Waals surface area contributed by atoms with E-state index >= 15 is 0 Å². The van der Waals surface area contributed by atoms with Crippen molar-refractivity contribution in [2.24, 2.45) is 0 Å². The Balaban J connectivity index is 1.40. The number of aromatic nitrogens is 2. The molecule has 2 aliphatic heterocycles. The first-order valence-corrected chi connectivity index (χ1v) is 10.5. The molecule has 0 saturated carbocycles. The summed E-state index contributed by atoms with van der Waals surface area (Å²) in [4.78, 5) is 31.1. The number of methoxy groups -OCH3 is 1. The molecule has 8 nitrogen and oxygen atoms in total. The predicted octanol–water partition coefficient (Wildman–Crippen LogP) is 1.51. The van der Waals surface area contributed by atoms with Crippen molar-refractivity contribution in [3.63, 3.8) is 0 Å². The van der Waals surface area contributed by atoms with E-state index < -0.39 is 0 Å². The Morgan fingerprint density at radius 3 is 2.17 bits per heavy atom. The van der Waals surface area contributed by atoms with Gasteiger partial charge in [-0.15, -0.1) is 0 Å².